The number of aromatic nitrogens is 4. The van der Waals surface area contributed by atoms with E-state index in [2.05, 4.69) is 29.2 Å². The molecule has 2 aromatic heterocycles. The van der Waals surface area contributed by atoms with Crippen LogP contribution < -0.4 is 5.56 Å². The zero-order valence-corrected chi connectivity index (χ0v) is 17.8. The number of para-hydroxylation sites is 1. The van der Waals surface area contributed by atoms with Crippen LogP contribution in [0, 0.1) is 0 Å². The van der Waals surface area contributed by atoms with Gasteiger partial charge in [0.25, 0.3) is 5.56 Å². The molecule has 0 spiro atoms. The van der Waals surface area contributed by atoms with Gasteiger partial charge in [0.15, 0.2) is 11.0 Å². The Balaban J connectivity index is 1.56. The molecule has 0 amide bonds. The van der Waals surface area contributed by atoms with Crippen molar-refractivity contribution >= 4 is 22.7 Å². The van der Waals surface area contributed by atoms with E-state index < -0.39 is 0 Å². The van der Waals surface area contributed by atoms with Crippen molar-refractivity contribution in [1.82, 2.24) is 19.7 Å². The molecule has 0 fully saturated rings. The average molecular weight is 421 g/mol. The van der Waals surface area contributed by atoms with Crippen LogP contribution in [0.25, 0.3) is 10.9 Å². The molecule has 0 aliphatic heterocycles. The van der Waals surface area contributed by atoms with Crippen molar-refractivity contribution in [3.8, 4) is 0 Å². The molecule has 2 heterocycles. The molecular weight excluding hydrogens is 396 g/mol. The molecule has 4 aromatic rings. The first kappa shape index (κ1) is 20.3. The molecule has 0 N–H and O–H groups in total. The van der Waals surface area contributed by atoms with Crippen LogP contribution in [0.3, 0.4) is 0 Å². The lowest BCUT2D eigenvalue weighted by Gasteiger charge is -2.12. The molecule has 154 valence electrons. The summed E-state index contributed by atoms with van der Waals surface area (Å²) >= 11 is 1.46. The van der Waals surface area contributed by atoms with Crippen molar-refractivity contribution < 1.29 is 4.52 Å². The lowest BCUT2D eigenvalue weighted by Crippen LogP contribution is -2.23. The summed E-state index contributed by atoms with van der Waals surface area (Å²) in [5.74, 6) is 1.77. The van der Waals surface area contributed by atoms with Crippen molar-refractivity contribution in [2.75, 3.05) is 0 Å². The number of hydrogen-bond acceptors (Lipinski definition) is 6. The topological polar surface area (TPSA) is 73.8 Å². The van der Waals surface area contributed by atoms with Crippen molar-refractivity contribution in [3.63, 3.8) is 0 Å². The minimum Gasteiger partial charge on any atom is -0.338 e. The van der Waals surface area contributed by atoms with Crippen LogP contribution >= 0.6 is 11.8 Å². The maximum absolute atomic E-state index is 13.2. The number of fused-ring (bicyclic) bond motifs is 1. The van der Waals surface area contributed by atoms with Gasteiger partial charge in [-0.05, 0) is 37.0 Å². The van der Waals surface area contributed by atoms with Gasteiger partial charge in [-0.3, -0.25) is 9.36 Å². The van der Waals surface area contributed by atoms with E-state index in [1.54, 1.807) is 4.57 Å². The summed E-state index contributed by atoms with van der Waals surface area (Å²) < 4.78 is 7.12. The Labute approximate surface area is 179 Å². The quantitative estimate of drug-likeness (QED) is 0.290. The molecule has 0 saturated heterocycles. The van der Waals surface area contributed by atoms with Gasteiger partial charge < -0.3 is 4.52 Å². The van der Waals surface area contributed by atoms with Crippen LogP contribution in [-0.4, -0.2) is 19.7 Å². The summed E-state index contributed by atoms with van der Waals surface area (Å²) in [4.78, 5) is 22.3. The van der Waals surface area contributed by atoms with Gasteiger partial charge in [0.2, 0.25) is 5.89 Å². The van der Waals surface area contributed by atoms with Gasteiger partial charge in [0.05, 0.1) is 16.7 Å². The van der Waals surface area contributed by atoms with Gasteiger partial charge >= 0.3 is 0 Å². The highest BCUT2D eigenvalue weighted by atomic mass is 32.2. The van der Waals surface area contributed by atoms with E-state index in [4.69, 9.17) is 9.51 Å². The second kappa shape index (κ2) is 9.71. The zero-order chi connectivity index (χ0) is 20.8. The van der Waals surface area contributed by atoms with Gasteiger partial charge in [0, 0.05) is 13.0 Å². The summed E-state index contributed by atoms with van der Waals surface area (Å²) in [7, 11) is 0. The van der Waals surface area contributed by atoms with E-state index in [1.807, 2.05) is 42.5 Å². The summed E-state index contributed by atoms with van der Waals surface area (Å²) in [6, 6.07) is 17.8. The molecule has 0 saturated carbocycles. The number of nitrogens with zero attached hydrogens (tertiary/aromatic N) is 4. The average Bonchev–Trinajstić information content (AvgIpc) is 3.22. The van der Waals surface area contributed by atoms with Crippen LogP contribution in [0.2, 0.25) is 0 Å². The zero-order valence-electron chi connectivity index (χ0n) is 17.0. The molecule has 7 heteroatoms. The lowest BCUT2D eigenvalue weighted by atomic mass is 10.1. The Morgan fingerprint density at radius 1 is 1.00 bits per heavy atom. The van der Waals surface area contributed by atoms with Crippen molar-refractivity contribution in [3.05, 3.63) is 82.2 Å². The number of thioether (sulfide) groups is 1. The van der Waals surface area contributed by atoms with Crippen molar-refractivity contribution in [2.24, 2.45) is 0 Å². The Morgan fingerprint density at radius 2 is 1.80 bits per heavy atom. The lowest BCUT2D eigenvalue weighted by molar-refractivity contribution is 0.384. The minimum absolute atomic E-state index is 0.00615. The van der Waals surface area contributed by atoms with Crippen LogP contribution in [0.4, 0.5) is 0 Å². The number of aryl methyl sites for hydroxylation is 2. The van der Waals surface area contributed by atoms with Crippen LogP contribution in [0.5, 0.6) is 0 Å². The Hall–Kier alpha value is -2.93. The van der Waals surface area contributed by atoms with Gasteiger partial charge in [-0.2, -0.15) is 4.98 Å². The molecule has 2 aromatic carbocycles. The normalized spacial score (nSPS) is 11.2. The molecule has 0 aliphatic carbocycles. The van der Waals surface area contributed by atoms with Crippen LogP contribution in [0.1, 0.15) is 37.0 Å². The van der Waals surface area contributed by atoms with E-state index in [-0.39, 0.29) is 5.56 Å². The molecule has 6 nitrogen and oxygen atoms in total. The molecule has 0 bridgehead atoms. The second-order valence-corrected chi connectivity index (χ2v) is 8.04. The first-order valence-electron chi connectivity index (χ1n) is 10.2. The van der Waals surface area contributed by atoms with Crippen LogP contribution in [-0.2, 0) is 25.1 Å². The van der Waals surface area contributed by atoms with Crippen molar-refractivity contribution in [1.29, 1.82) is 0 Å². The van der Waals surface area contributed by atoms with E-state index in [1.165, 1.54) is 17.3 Å². The van der Waals surface area contributed by atoms with E-state index in [9.17, 15) is 4.79 Å². The summed E-state index contributed by atoms with van der Waals surface area (Å²) in [5, 5.41) is 5.33. The number of hydrogen-bond donors (Lipinski definition) is 0. The monoisotopic (exact) mass is 420 g/mol. The second-order valence-electron chi connectivity index (χ2n) is 7.10. The number of benzene rings is 2. The highest BCUT2D eigenvalue weighted by Gasteiger charge is 2.14. The molecule has 0 radical (unpaired) electrons. The molecule has 30 heavy (non-hydrogen) atoms. The molecule has 0 aliphatic rings. The Morgan fingerprint density at radius 3 is 2.63 bits per heavy atom. The minimum atomic E-state index is -0.00615. The third-order valence-corrected chi connectivity index (χ3v) is 5.79. The first-order chi connectivity index (χ1) is 14.7. The highest BCUT2D eigenvalue weighted by Crippen LogP contribution is 2.22. The van der Waals surface area contributed by atoms with E-state index in [0.717, 1.165) is 31.5 Å². The summed E-state index contributed by atoms with van der Waals surface area (Å²) in [6.07, 6.45) is 3.54. The maximum atomic E-state index is 13.2. The van der Waals surface area contributed by atoms with Crippen molar-refractivity contribution in [2.45, 2.75) is 50.1 Å². The van der Waals surface area contributed by atoms with Gasteiger partial charge in [-0.25, -0.2) is 4.98 Å². The van der Waals surface area contributed by atoms with Crippen LogP contribution in [0.15, 0.2) is 69.1 Å². The maximum Gasteiger partial charge on any atom is 0.262 e. The third-order valence-electron chi connectivity index (χ3n) is 4.83. The largest absolute Gasteiger partial charge is 0.338 e. The van der Waals surface area contributed by atoms with E-state index >= 15 is 0 Å². The molecule has 0 atom stereocenters. The Kier molecular flexibility index (Phi) is 6.59. The SMILES string of the molecule is CCCc1noc(CSc2nc3ccccc3c(=O)n2CCCc2ccccc2)n1. The molecule has 4 rings (SSSR count). The fourth-order valence-electron chi connectivity index (χ4n) is 3.34. The smallest absolute Gasteiger partial charge is 0.262 e. The van der Waals surface area contributed by atoms with Gasteiger partial charge in [-0.15, -0.1) is 0 Å². The van der Waals surface area contributed by atoms with Gasteiger partial charge in [-0.1, -0.05) is 66.3 Å². The van der Waals surface area contributed by atoms with Gasteiger partial charge in [0.1, 0.15) is 0 Å². The van der Waals surface area contributed by atoms with E-state index in [0.29, 0.717) is 34.2 Å². The number of rotatable bonds is 9. The standard InChI is InChI=1S/C23H24N4O2S/c1-2-9-20-25-21(29-26-20)16-30-23-24-19-14-7-6-13-18(19)22(28)27(23)15-8-12-17-10-4-3-5-11-17/h3-7,10-11,13-14H,2,8-9,12,15-16H2,1H3. The predicted octanol–water partition coefficient (Wildman–Crippen LogP) is 4.66. The molecular formula is C23H24N4O2S. The highest BCUT2D eigenvalue weighted by molar-refractivity contribution is 7.98. The first-order valence-corrected chi connectivity index (χ1v) is 11.2. The fraction of sp³-hybridized carbons (Fsp3) is 0.304. The predicted molar refractivity (Wildman–Crippen MR) is 119 cm³/mol. The summed E-state index contributed by atoms with van der Waals surface area (Å²) in [5.41, 5.74) is 1.97. The summed E-state index contributed by atoms with van der Waals surface area (Å²) in [6.45, 7) is 2.69. The Bertz CT molecular complexity index is 1170. The molecule has 0 unspecified atom stereocenters. The third kappa shape index (κ3) is 4.79. The fourth-order valence-corrected chi connectivity index (χ4v) is 4.20.